The molecule has 0 heterocycles. The first-order valence-corrected chi connectivity index (χ1v) is 4.67. The molecule has 0 amide bonds. The number of nitrogens with two attached hydrogens (primary N) is 1. The van der Waals surface area contributed by atoms with Crippen molar-refractivity contribution in [3.8, 4) is 6.07 Å². The van der Waals surface area contributed by atoms with E-state index in [-0.39, 0.29) is 0 Å². The molecule has 0 fully saturated rings. The van der Waals surface area contributed by atoms with Crippen LogP contribution < -0.4 is 5.73 Å². The minimum atomic E-state index is 0.602. The van der Waals surface area contributed by atoms with Gasteiger partial charge in [-0.15, -0.1) is 0 Å². The molecule has 2 N–H and O–H groups in total. The maximum Gasteiger partial charge on any atom is 0.102 e. The van der Waals surface area contributed by atoms with E-state index in [1.54, 1.807) is 12.1 Å². The molecular formula is C7H4BrIN2. The Hall–Kier alpha value is -0.280. The molecule has 1 aromatic rings. The Kier molecular flexibility index (Phi) is 2.73. The first-order valence-electron chi connectivity index (χ1n) is 2.80. The summed E-state index contributed by atoms with van der Waals surface area (Å²) in [7, 11) is 0. The van der Waals surface area contributed by atoms with E-state index in [1.165, 1.54) is 0 Å². The number of nitrogens with zero attached hydrogens (tertiary/aromatic N) is 1. The maximum absolute atomic E-state index is 8.68. The predicted octanol–water partition coefficient (Wildman–Crippen LogP) is 2.51. The molecule has 1 aromatic carbocycles. The largest absolute Gasteiger partial charge is 0.398 e. The molecule has 0 unspecified atom stereocenters. The molecule has 0 bridgehead atoms. The number of rotatable bonds is 0. The van der Waals surface area contributed by atoms with Crippen molar-refractivity contribution in [3.05, 3.63) is 25.7 Å². The molecule has 0 radical (unpaired) electrons. The van der Waals surface area contributed by atoms with Crippen LogP contribution in [0.2, 0.25) is 0 Å². The van der Waals surface area contributed by atoms with Gasteiger partial charge in [-0.2, -0.15) is 5.26 Å². The molecule has 11 heavy (non-hydrogen) atoms. The van der Waals surface area contributed by atoms with Gasteiger partial charge in [-0.25, -0.2) is 0 Å². The third kappa shape index (κ3) is 1.65. The molecular weight excluding hydrogens is 319 g/mol. The number of nitriles is 1. The highest BCUT2D eigenvalue weighted by molar-refractivity contribution is 14.1. The third-order valence-electron chi connectivity index (χ3n) is 1.23. The lowest BCUT2D eigenvalue weighted by molar-refractivity contribution is 1.44. The van der Waals surface area contributed by atoms with Crippen molar-refractivity contribution in [2.24, 2.45) is 0 Å². The Balaban J connectivity index is 3.44. The van der Waals surface area contributed by atoms with E-state index >= 15 is 0 Å². The van der Waals surface area contributed by atoms with E-state index in [2.05, 4.69) is 44.6 Å². The summed E-state index contributed by atoms with van der Waals surface area (Å²) < 4.78 is 1.60. The Labute approximate surface area is 86.7 Å². The van der Waals surface area contributed by atoms with Gasteiger partial charge < -0.3 is 5.73 Å². The normalized spacial score (nSPS) is 9.18. The monoisotopic (exact) mass is 322 g/mol. The number of halogens is 2. The number of hydrogen-bond donors (Lipinski definition) is 1. The average molecular weight is 323 g/mol. The minimum absolute atomic E-state index is 0.602. The standard InChI is InChI=1S/C7H4BrIN2/c8-5-1-2-6(11)7(9)4(5)3-10/h1-2H,11H2. The molecule has 0 saturated heterocycles. The van der Waals surface area contributed by atoms with Crippen molar-refractivity contribution in [1.29, 1.82) is 5.26 Å². The fraction of sp³-hybridized carbons (Fsp3) is 0. The van der Waals surface area contributed by atoms with E-state index < -0.39 is 0 Å². The van der Waals surface area contributed by atoms with Crippen LogP contribution in [-0.4, -0.2) is 0 Å². The van der Waals surface area contributed by atoms with Gasteiger partial charge in [0, 0.05) is 10.2 Å². The van der Waals surface area contributed by atoms with Gasteiger partial charge in [-0.3, -0.25) is 0 Å². The summed E-state index contributed by atoms with van der Waals surface area (Å²) in [4.78, 5) is 0. The number of nitrogen functional groups attached to an aromatic ring is 1. The van der Waals surface area contributed by atoms with Gasteiger partial charge >= 0.3 is 0 Å². The molecule has 0 atom stereocenters. The highest BCUT2D eigenvalue weighted by atomic mass is 127. The van der Waals surface area contributed by atoms with E-state index in [0.717, 1.165) is 8.04 Å². The second kappa shape index (κ2) is 3.41. The van der Waals surface area contributed by atoms with Gasteiger partial charge in [-0.05, 0) is 50.7 Å². The fourth-order valence-electron chi connectivity index (χ4n) is 0.671. The first kappa shape index (κ1) is 8.81. The molecule has 0 aliphatic heterocycles. The van der Waals surface area contributed by atoms with Crippen molar-refractivity contribution in [2.75, 3.05) is 5.73 Å². The van der Waals surface area contributed by atoms with E-state index in [0.29, 0.717) is 11.3 Å². The van der Waals surface area contributed by atoms with Gasteiger partial charge in [0.05, 0.1) is 9.13 Å². The van der Waals surface area contributed by atoms with E-state index in [4.69, 9.17) is 11.0 Å². The van der Waals surface area contributed by atoms with Crippen LogP contribution in [0.25, 0.3) is 0 Å². The van der Waals surface area contributed by atoms with Crippen LogP contribution in [-0.2, 0) is 0 Å². The van der Waals surface area contributed by atoms with Gasteiger partial charge in [-0.1, -0.05) is 0 Å². The highest BCUT2D eigenvalue weighted by Gasteiger charge is 2.05. The second-order valence-corrected chi connectivity index (χ2v) is 3.87. The van der Waals surface area contributed by atoms with Crippen LogP contribution in [0.1, 0.15) is 5.56 Å². The summed E-state index contributed by atoms with van der Waals surface area (Å²) in [6.07, 6.45) is 0. The van der Waals surface area contributed by atoms with Crippen molar-refractivity contribution < 1.29 is 0 Å². The number of benzene rings is 1. The van der Waals surface area contributed by atoms with Crippen molar-refractivity contribution >= 4 is 44.2 Å². The molecule has 0 saturated carbocycles. The second-order valence-electron chi connectivity index (χ2n) is 1.94. The fourth-order valence-corrected chi connectivity index (χ4v) is 2.05. The van der Waals surface area contributed by atoms with Gasteiger partial charge in [0.15, 0.2) is 0 Å². The van der Waals surface area contributed by atoms with Crippen LogP contribution in [0.15, 0.2) is 16.6 Å². The van der Waals surface area contributed by atoms with Crippen LogP contribution in [0.3, 0.4) is 0 Å². The molecule has 0 aromatic heterocycles. The SMILES string of the molecule is N#Cc1c(Br)ccc(N)c1I. The van der Waals surface area contributed by atoms with Crippen LogP contribution in [0.4, 0.5) is 5.69 Å². The van der Waals surface area contributed by atoms with Crippen molar-refractivity contribution in [2.45, 2.75) is 0 Å². The lowest BCUT2D eigenvalue weighted by Crippen LogP contribution is -1.92. The van der Waals surface area contributed by atoms with E-state index in [1.807, 2.05) is 0 Å². The summed E-state index contributed by atoms with van der Waals surface area (Å²) in [5, 5.41) is 8.68. The zero-order valence-electron chi connectivity index (χ0n) is 5.44. The number of hydrogen-bond acceptors (Lipinski definition) is 2. The average Bonchev–Trinajstić information content (AvgIpc) is 1.99. The summed E-state index contributed by atoms with van der Waals surface area (Å²) in [5.74, 6) is 0. The molecule has 4 heteroatoms. The molecule has 56 valence electrons. The van der Waals surface area contributed by atoms with Gasteiger partial charge in [0.1, 0.15) is 6.07 Å². The topological polar surface area (TPSA) is 49.8 Å². The van der Waals surface area contributed by atoms with Crippen molar-refractivity contribution in [1.82, 2.24) is 0 Å². The molecule has 0 spiro atoms. The lowest BCUT2D eigenvalue weighted by Gasteiger charge is -2.00. The van der Waals surface area contributed by atoms with Crippen LogP contribution >= 0.6 is 38.5 Å². The quantitative estimate of drug-likeness (QED) is 0.589. The Morgan fingerprint density at radius 3 is 2.64 bits per heavy atom. The Morgan fingerprint density at radius 1 is 1.55 bits per heavy atom. The molecule has 1 rings (SSSR count). The van der Waals surface area contributed by atoms with Crippen LogP contribution in [0.5, 0.6) is 0 Å². The van der Waals surface area contributed by atoms with E-state index in [9.17, 15) is 0 Å². The van der Waals surface area contributed by atoms with Gasteiger partial charge in [0.25, 0.3) is 0 Å². The maximum atomic E-state index is 8.68. The zero-order valence-corrected chi connectivity index (χ0v) is 9.18. The summed E-state index contributed by atoms with van der Waals surface area (Å²) >= 11 is 5.31. The third-order valence-corrected chi connectivity index (χ3v) is 3.06. The Morgan fingerprint density at radius 2 is 2.18 bits per heavy atom. The van der Waals surface area contributed by atoms with Gasteiger partial charge in [0.2, 0.25) is 0 Å². The zero-order chi connectivity index (χ0) is 8.43. The summed E-state index contributed by atoms with van der Waals surface area (Å²) in [6, 6.07) is 5.61. The molecule has 0 aliphatic rings. The smallest absolute Gasteiger partial charge is 0.102 e. The summed E-state index contributed by atoms with van der Waals surface area (Å²) in [6.45, 7) is 0. The minimum Gasteiger partial charge on any atom is -0.398 e. The first-order chi connectivity index (χ1) is 5.16. The number of anilines is 1. The summed E-state index contributed by atoms with van der Waals surface area (Å²) in [5.41, 5.74) is 6.83. The Bertz CT molecular complexity index is 330. The predicted molar refractivity (Wildman–Crippen MR) is 56.0 cm³/mol. The highest BCUT2D eigenvalue weighted by Crippen LogP contribution is 2.25. The molecule has 2 nitrogen and oxygen atoms in total. The molecule has 0 aliphatic carbocycles. The van der Waals surface area contributed by atoms with Crippen molar-refractivity contribution in [3.63, 3.8) is 0 Å². The van der Waals surface area contributed by atoms with Crippen LogP contribution in [0, 0.1) is 14.9 Å². The lowest BCUT2D eigenvalue weighted by atomic mass is 10.2.